The molecule has 0 saturated heterocycles. The maximum Gasteiger partial charge on any atom is 0.326 e. The van der Waals surface area contributed by atoms with Gasteiger partial charge in [-0.3, -0.25) is 38.3 Å². The Balaban J connectivity index is 1.88. The maximum atomic E-state index is 13.5. The molecule has 0 saturated carbocycles. The van der Waals surface area contributed by atoms with Crippen LogP contribution in [0.1, 0.15) is 41.6 Å². The van der Waals surface area contributed by atoms with Crippen LogP contribution in [0.15, 0.2) is 47.3 Å². The van der Waals surface area contributed by atoms with E-state index < -0.39 is 61.1 Å². The van der Waals surface area contributed by atoms with Crippen LogP contribution in [0.25, 0.3) is 10.9 Å². The number of carboxylic acid groups (broad SMARTS) is 3. The van der Waals surface area contributed by atoms with Gasteiger partial charge in [0.2, 0.25) is 11.9 Å². The van der Waals surface area contributed by atoms with Crippen LogP contribution in [0.2, 0.25) is 0 Å². The van der Waals surface area contributed by atoms with Crippen LogP contribution in [0, 0.1) is 0 Å². The Kier molecular flexibility index (Phi) is 9.95. The molecule has 1 heterocycles. The highest BCUT2D eigenvalue weighted by molar-refractivity contribution is 6.07. The number of hydrogen-bond donors (Lipinski definition) is 6. The molecular formula is C28H33N6O9+. The van der Waals surface area contributed by atoms with E-state index in [1.165, 1.54) is 12.1 Å². The molecule has 3 rings (SSSR count). The summed E-state index contributed by atoms with van der Waals surface area (Å²) in [5, 5.41) is 28.2. The summed E-state index contributed by atoms with van der Waals surface area (Å²) in [6.45, 7) is 0.428. The molecule has 15 nitrogen and oxygen atoms in total. The fourth-order valence-electron chi connectivity index (χ4n) is 4.57. The van der Waals surface area contributed by atoms with Crippen molar-refractivity contribution in [2.24, 2.45) is 5.73 Å². The van der Waals surface area contributed by atoms with Crippen molar-refractivity contribution < 1.29 is 39.3 Å². The van der Waals surface area contributed by atoms with Gasteiger partial charge in [0, 0.05) is 24.0 Å². The number of carboxylic acids is 3. The van der Waals surface area contributed by atoms with Crippen molar-refractivity contribution in [2.45, 2.75) is 44.3 Å². The molecule has 43 heavy (non-hydrogen) atoms. The Morgan fingerprint density at radius 3 is 2.19 bits per heavy atom. The van der Waals surface area contributed by atoms with E-state index >= 15 is 0 Å². The lowest BCUT2D eigenvalue weighted by Crippen LogP contribution is -2.49. The minimum Gasteiger partial charge on any atom is -0.481 e. The normalized spacial score (nSPS) is 12.8. The lowest BCUT2D eigenvalue weighted by Gasteiger charge is -2.30. The van der Waals surface area contributed by atoms with Gasteiger partial charge in [0.05, 0.1) is 25.0 Å². The molecule has 0 aliphatic rings. The van der Waals surface area contributed by atoms with E-state index in [2.05, 4.69) is 9.97 Å². The first kappa shape index (κ1) is 32.4. The molecule has 0 radical (unpaired) electrons. The second-order valence-electron chi connectivity index (χ2n) is 10.5. The minimum atomic E-state index is -1.80. The number of benzene rings is 2. The number of carbonyl (C=O) groups excluding carboxylic acids is 2. The van der Waals surface area contributed by atoms with Crippen molar-refractivity contribution in [1.29, 1.82) is 0 Å². The zero-order valence-corrected chi connectivity index (χ0v) is 23.5. The van der Waals surface area contributed by atoms with Gasteiger partial charge in [0.1, 0.15) is 24.3 Å². The molecule has 2 aromatic carbocycles. The number of amides is 2. The van der Waals surface area contributed by atoms with E-state index in [4.69, 9.17) is 21.7 Å². The monoisotopic (exact) mass is 597 g/mol. The summed E-state index contributed by atoms with van der Waals surface area (Å²) in [6.07, 6.45) is -2.09. The minimum absolute atomic E-state index is 0.0108. The smallest absolute Gasteiger partial charge is 0.326 e. The molecule has 0 aliphatic heterocycles. The predicted molar refractivity (Wildman–Crippen MR) is 155 cm³/mol. The van der Waals surface area contributed by atoms with Gasteiger partial charge >= 0.3 is 17.9 Å². The Morgan fingerprint density at radius 1 is 0.953 bits per heavy atom. The molecule has 228 valence electrons. The Labute approximate surface area is 244 Å². The van der Waals surface area contributed by atoms with Gasteiger partial charge in [-0.15, -0.1) is 0 Å². The quantitative estimate of drug-likeness (QED) is 0.149. The predicted octanol–water partition coefficient (Wildman–Crippen LogP) is 0.751. The molecule has 0 aliphatic carbocycles. The molecule has 1 aromatic heterocycles. The van der Waals surface area contributed by atoms with E-state index in [0.717, 1.165) is 11.3 Å². The second-order valence-corrected chi connectivity index (χ2v) is 10.5. The van der Waals surface area contributed by atoms with Crippen molar-refractivity contribution in [3.05, 3.63) is 63.9 Å². The Bertz CT molecular complexity index is 1620. The molecule has 0 fully saturated rings. The number of nitrogen functional groups attached to an aromatic ring is 1. The summed E-state index contributed by atoms with van der Waals surface area (Å²) < 4.78 is 0.270. The van der Waals surface area contributed by atoms with Crippen LogP contribution in [0.4, 0.5) is 11.6 Å². The van der Waals surface area contributed by atoms with Crippen LogP contribution >= 0.6 is 0 Å². The van der Waals surface area contributed by atoms with E-state index in [0.29, 0.717) is 22.3 Å². The van der Waals surface area contributed by atoms with Gasteiger partial charge in [-0.2, -0.15) is 0 Å². The van der Waals surface area contributed by atoms with Gasteiger partial charge in [-0.1, -0.05) is 6.07 Å². The van der Waals surface area contributed by atoms with Crippen LogP contribution < -0.4 is 21.5 Å². The number of imide groups is 1. The number of H-pyrrole nitrogens is 1. The summed E-state index contributed by atoms with van der Waals surface area (Å²) in [6, 6.07) is 8.07. The first-order valence-electron chi connectivity index (χ1n) is 13.1. The Hall–Kier alpha value is -5.15. The SMILES string of the molecule is C[N+](C)(Cc1ccc2nc(N)[nH]c(=O)c2c1)c1ccc(C(=O)N(C(=O)CC[C@H](N)C(=O)O)[C@H](CCC(=O)O)C(=O)O)cc1. The summed E-state index contributed by atoms with van der Waals surface area (Å²) in [5.41, 5.74) is 12.7. The number of quaternary nitrogens is 1. The fourth-order valence-corrected chi connectivity index (χ4v) is 4.57. The number of rotatable bonds is 13. The first-order chi connectivity index (χ1) is 20.1. The highest BCUT2D eigenvalue weighted by atomic mass is 16.4. The van der Waals surface area contributed by atoms with Crippen molar-refractivity contribution in [1.82, 2.24) is 19.4 Å². The van der Waals surface area contributed by atoms with Crippen LogP contribution in [0.3, 0.4) is 0 Å². The number of carbonyl (C=O) groups is 5. The van der Waals surface area contributed by atoms with E-state index in [9.17, 15) is 33.9 Å². The van der Waals surface area contributed by atoms with Crippen LogP contribution in [0.5, 0.6) is 0 Å². The number of fused-ring (bicyclic) bond motifs is 1. The number of anilines is 1. The second kappa shape index (κ2) is 13.2. The van der Waals surface area contributed by atoms with Crippen LogP contribution in [-0.4, -0.2) is 86.1 Å². The lowest BCUT2D eigenvalue weighted by atomic mass is 10.0. The van der Waals surface area contributed by atoms with E-state index in [1.54, 1.807) is 24.3 Å². The number of nitrogens with one attached hydrogen (secondary N) is 1. The summed E-state index contributed by atoms with van der Waals surface area (Å²) >= 11 is 0. The average molecular weight is 598 g/mol. The molecule has 3 aromatic rings. The average Bonchev–Trinajstić information content (AvgIpc) is 2.93. The maximum absolute atomic E-state index is 13.5. The first-order valence-corrected chi connectivity index (χ1v) is 13.1. The van der Waals surface area contributed by atoms with Crippen molar-refractivity contribution >= 4 is 52.3 Å². The number of hydrogen-bond acceptors (Lipinski definition) is 9. The molecule has 2 atom stereocenters. The summed E-state index contributed by atoms with van der Waals surface area (Å²) in [7, 11) is 3.78. The number of nitrogens with two attached hydrogens (primary N) is 2. The Morgan fingerprint density at radius 2 is 1.60 bits per heavy atom. The fraction of sp³-hybridized carbons (Fsp3) is 0.321. The van der Waals surface area contributed by atoms with Crippen molar-refractivity contribution in [2.75, 3.05) is 19.8 Å². The summed E-state index contributed by atoms with van der Waals surface area (Å²) in [4.78, 5) is 80.1. The zero-order chi connectivity index (χ0) is 32.1. The molecule has 8 N–H and O–H groups in total. The molecule has 0 spiro atoms. The highest BCUT2D eigenvalue weighted by Gasteiger charge is 2.36. The van der Waals surface area contributed by atoms with Crippen molar-refractivity contribution in [3.63, 3.8) is 0 Å². The lowest BCUT2D eigenvalue weighted by molar-refractivity contribution is -0.149. The van der Waals surface area contributed by atoms with E-state index in [-0.39, 0.29) is 28.0 Å². The van der Waals surface area contributed by atoms with Gasteiger partial charge in [-0.25, -0.2) is 9.78 Å². The highest BCUT2D eigenvalue weighted by Crippen LogP contribution is 2.25. The topological polar surface area (TPSA) is 247 Å². The largest absolute Gasteiger partial charge is 0.481 e. The van der Waals surface area contributed by atoms with Gasteiger partial charge in [-0.05, 0) is 49.2 Å². The third-order valence-corrected chi connectivity index (χ3v) is 6.88. The number of aliphatic carboxylic acids is 3. The van der Waals surface area contributed by atoms with Crippen LogP contribution in [-0.2, 0) is 25.7 Å². The molecule has 0 unspecified atom stereocenters. The molecule has 0 bridgehead atoms. The van der Waals surface area contributed by atoms with Gasteiger partial charge in [0.25, 0.3) is 11.5 Å². The third-order valence-electron chi connectivity index (χ3n) is 6.88. The van der Waals surface area contributed by atoms with Gasteiger partial charge in [0.15, 0.2) is 0 Å². The number of aromatic amines is 1. The zero-order valence-electron chi connectivity index (χ0n) is 23.5. The molecule has 2 amide bonds. The molecule has 15 heteroatoms. The summed E-state index contributed by atoms with van der Waals surface area (Å²) in [5.74, 6) is -6.26. The third kappa shape index (κ3) is 7.99. The number of aromatic nitrogens is 2. The number of nitrogens with zero attached hydrogens (tertiary/aromatic N) is 3. The standard InChI is InChI=1S/C28H32N6O9/c1-34(2,14-15-3-9-20-18(13-15)24(38)32-28(30)31-20)17-6-4-16(5-7-17)25(39)33(21(27(42)43)10-12-23(36)37)22(35)11-8-19(29)26(40)41/h3-7,9,13,19,21H,8,10-12,14,29H2,1-2H3,(H5-,30,31,32,36,37,38,40,41,42,43)/p+1/t19-,21+/m0/s1. The molecular weight excluding hydrogens is 564 g/mol. The van der Waals surface area contributed by atoms with Crippen molar-refractivity contribution in [3.8, 4) is 0 Å². The van der Waals surface area contributed by atoms with Gasteiger partial charge < -0.3 is 26.8 Å². The van der Waals surface area contributed by atoms with E-state index in [1.807, 2.05) is 20.2 Å².